The fourth-order valence-electron chi connectivity index (χ4n) is 3.25. The maximum atomic E-state index is 13.8. The number of carboxylic acid groups (broad SMARTS) is 1. The number of carboxylic acids is 1. The van der Waals surface area contributed by atoms with E-state index in [4.69, 9.17) is 5.11 Å². The Labute approximate surface area is 105 Å². The Morgan fingerprint density at radius 3 is 2.83 bits per heavy atom. The van der Waals surface area contributed by atoms with Gasteiger partial charge in [-0.1, -0.05) is 6.07 Å². The van der Waals surface area contributed by atoms with Crippen LogP contribution in [-0.4, -0.2) is 28.6 Å². The Bertz CT molecular complexity index is 489. The van der Waals surface area contributed by atoms with Crippen molar-refractivity contribution < 1.29 is 14.3 Å². The van der Waals surface area contributed by atoms with Crippen LogP contribution >= 0.6 is 0 Å². The molecule has 3 rings (SSSR count). The molecule has 0 aromatic heterocycles. The number of piperidine rings is 1. The van der Waals surface area contributed by atoms with Gasteiger partial charge in [0.05, 0.1) is 5.56 Å². The molecular weight excluding hydrogens is 233 g/mol. The summed E-state index contributed by atoms with van der Waals surface area (Å²) in [6.07, 6.45) is 3.77. The van der Waals surface area contributed by atoms with Gasteiger partial charge in [0.2, 0.25) is 0 Å². The van der Waals surface area contributed by atoms with Crippen LogP contribution in [0.25, 0.3) is 0 Å². The normalized spacial score (nSPS) is 26.7. The van der Waals surface area contributed by atoms with E-state index in [1.807, 2.05) is 0 Å². The summed E-state index contributed by atoms with van der Waals surface area (Å²) in [5.41, 5.74) is 0.617. The van der Waals surface area contributed by atoms with Crippen molar-refractivity contribution in [3.8, 4) is 0 Å². The van der Waals surface area contributed by atoms with Gasteiger partial charge in [-0.05, 0) is 37.3 Å². The smallest absolute Gasteiger partial charge is 0.335 e. The zero-order valence-corrected chi connectivity index (χ0v) is 10.1. The molecule has 3 nitrogen and oxygen atoms in total. The summed E-state index contributed by atoms with van der Waals surface area (Å²) in [5, 5.41) is 8.79. The van der Waals surface area contributed by atoms with Crippen LogP contribution in [0.5, 0.6) is 0 Å². The first-order valence-corrected chi connectivity index (χ1v) is 6.39. The minimum atomic E-state index is -1.08. The van der Waals surface area contributed by atoms with Gasteiger partial charge in [-0.3, -0.25) is 4.90 Å². The van der Waals surface area contributed by atoms with Gasteiger partial charge in [0, 0.05) is 24.7 Å². The molecule has 0 spiro atoms. The van der Waals surface area contributed by atoms with E-state index in [1.165, 1.54) is 25.3 Å². The number of hydrogen-bond donors (Lipinski definition) is 1. The summed E-state index contributed by atoms with van der Waals surface area (Å²) < 4.78 is 13.8. The van der Waals surface area contributed by atoms with Gasteiger partial charge in [-0.15, -0.1) is 0 Å². The molecule has 1 heterocycles. The first-order valence-electron chi connectivity index (χ1n) is 6.39. The molecule has 1 aliphatic heterocycles. The fraction of sp³-hybridized carbons (Fsp3) is 0.500. The maximum absolute atomic E-state index is 13.8. The number of benzene rings is 1. The number of aromatic carboxylic acids is 1. The summed E-state index contributed by atoms with van der Waals surface area (Å²) in [4.78, 5) is 13.1. The molecule has 1 saturated heterocycles. The van der Waals surface area contributed by atoms with Gasteiger partial charge in [0.25, 0.3) is 0 Å². The predicted octanol–water partition coefficient (Wildman–Crippen LogP) is 2.51. The summed E-state index contributed by atoms with van der Waals surface area (Å²) in [5.74, 6) is -0.699. The fourth-order valence-corrected chi connectivity index (χ4v) is 3.25. The number of hydrogen-bond acceptors (Lipinski definition) is 2. The number of likely N-dealkylation sites (tertiary alicyclic amines) is 1. The van der Waals surface area contributed by atoms with Crippen molar-refractivity contribution in [3.63, 3.8) is 0 Å². The van der Waals surface area contributed by atoms with E-state index in [0.717, 1.165) is 18.5 Å². The molecule has 96 valence electrons. The third kappa shape index (κ3) is 2.01. The van der Waals surface area contributed by atoms with Gasteiger partial charge in [0.15, 0.2) is 0 Å². The Kier molecular flexibility index (Phi) is 2.82. The minimum Gasteiger partial charge on any atom is -0.478 e. The van der Waals surface area contributed by atoms with Gasteiger partial charge in [-0.25, -0.2) is 9.18 Å². The average molecular weight is 249 g/mol. The van der Waals surface area contributed by atoms with Gasteiger partial charge in [0.1, 0.15) is 5.82 Å². The zero-order valence-electron chi connectivity index (χ0n) is 10.1. The minimum absolute atomic E-state index is 0.0131. The second-order valence-electron chi connectivity index (χ2n) is 5.37. The van der Waals surface area contributed by atoms with E-state index in [-0.39, 0.29) is 5.56 Å². The summed E-state index contributed by atoms with van der Waals surface area (Å²) in [6, 6.07) is 4.81. The predicted molar refractivity (Wildman–Crippen MR) is 64.9 cm³/mol. The highest BCUT2D eigenvalue weighted by atomic mass is 19.1. The molecule has 0 amide bonds. The molecule has 1 N–H and O–H groups in total. The van der Waals surface area contributed by atoms with E-state index in [0.29, 0.717) is 18.2 Å². The highest BCUT2D eigenvalue weighted by Gasteiger charge is 2.37. The van der Waals surface area contributed by atoms with Gasteiger partial charge >= 0.3 is 5.97 Å². The average Bonchev–Trinajstić information content (AvgIpc) is 2.93. The van der Waals surface area contributed by atoms with Crippen LogP contribution in [0.1, 0.15) is 35.2 Å². The van der Waals surface area contributed by atoms with E-state index in [9.17, 15) is 9.18 Å². The van der Waals surface area contributed by atoms with Crippen LogP contribution in [0.3, 0.4) is 0 Å². The second kappa shape index (κ2) is 4.35. The van der Waals surface area contributed by atoms with E-state index >= 15 is 0 Å². The Balaban J connectivity index is 1.75. The van der Waals surface area contributed by atoms with Crippen molar-refractivity contribution in [2.24, 2.45) is 5.92 Å². The SMILES string of the molecule is O=C(O)c1ccc(CN2CC3CCC2C3)c(F)c1. The van der Waals surface area contributed by atoms with Crippen molar-refractivity contribution in [2.75, 3.05) is 6.54 Å². The Morgan fingerprint density at radius 2 is 2.28 bits per heavy atom. The molecule has 0 radical (unpaired) electrons. The van der Waals surface area contributed by atoms with Crippen LogP contribution < -0.4 is 0 Å². The maximum Gasteiger partial charge on any atom is 0.335 e. The summed E-state index contributed by atoms with van der Waals surface area (Å²) >= 11 is 0. The Morgan fingerprint density at radius 1 is 1.44 bits per heavy atom. The third-order valence-electron chi connectivity index (χ3n) is 4.20. The first kappa shape index (κ1) is 11.7. The van der Waals surface area contributed by atoms with Crippen LogP contribution in [0.15, 0.2) is 18.2 Å². The van der Waals surface area contributed by atoms with Crippen LogP contribution in [-0.2, 0) is 6.54 Å². The summed E-state index contributed by atoms with van der Waals surface area (Å²) in [7, 11) is 0. The lowest BCUT2D eigenvalue weighted by Gasteiger charge is -2.26. The quantitative estimate of drug-likeness (QED) is 0.894. The molecule has 2 unspecified atom stereocenters. The molecule has 18 heavy (non-hydrogen) atoms. The molecule has 2 fully saturated rings. The molecule has 1 aromatic carbocycles. The van der Waals surface area contributed by atoms with Crippen molar-refractivity contribution in [3.05, 3.63) is 35.1 Å². The van der Waals surface area contributed by atoms with Crippen molar-refractivity contribution in [2.45, 2.75) is 31.8 Å². The second-order valence-corrected chi connectivity index (χ2v) is 5.37. The third-order valence-corrected chi connectivity index (χ3v) is 4.20. The Hall–Kier alpha value is -1.42. The van der Waals surface area contributed by atoms with Crippen molar-refractivity contribution in [1.29, 1.82) is 0 Å². The highest BCUT2D eigenvalue weighted by Crippen LogP contribution is 2.38. The monoisotopic (exact) mass is 249 g/mol. The molecule has 2 aliphatic rings. The van der Waals surface area contributed by atoms with Gasteiger partial charge < -0.3 is 5.11 Å². The topological polar surface area (TPSA) is 40.5 Å². The van der Waals surface area contributed by atoms with Gasteiger partial charge in [-0.2, -0.15) is 0 Å². The number of rotatable bonds is 3. The molecule has 4 heteroatoms. The lowest BCUT2D eigenvalue weighted by atomic mass is 10.1. The standard InChI is InChI=1S/C14H16FNO2/c15-13-6-10(14(17)18)2-3-11(13)8-16-7-9-1-4-12(16)5-9/h2-3,6,9,12H,1,4-5,7-8H2,(H,17,18). The van der Waals surface area contributed by atoms with Crippen LogP contribution in [0.4, 0.5) is 4.39 Å². The van der Waals surface area contributed by atoms with E-state index < -0.39 is 11.8 Å². The zero-order chi connectivity index (χ0) is 12.7. The first-order chi connectivity index (χ1) is 8.63. The van der Waals surface area contributed by atoms with E-state index in [2.05, 4.69) is 4.90 Å². The summed E-state index contributed by atoms with van der Waals surface area (Å²) in [6.45, 7) is 1.66. The molecular formula is C14H16FNO2. The molecule has 1 saturated carbocycles. The lowest BCUT2D eigenvalue weighted by Crippen LogP contribution is -2.31. The molecule has 2 atom stereocenters. The van der Waals surface area contributed by atoms with Crippen LogP contribution in [0.2, 0.25) is 0 Å². The molecule has 1 aliphatic carbocycles. The molecule has 2 bridgehead atoms. The van der Waals surface area contributed by atoms with E-state index in [1.54, 1.807) is 6.07 Å². The number of halogens is 1. The lowest BCUT2D eigenvalue weighted by molar-refractivity contribution is 0.0696. The van der Waals surface area contributed by atoms with Crippen LogP contribution in [0, 0.1) is 11.7 Å². The number of fused-ring (bicyclic) bond motifs is 2. The highest BCUT2D eigenvalue weighted by molar-refractivity contribution is 5.87. The molecule has 1 aromatic rings. The van der Waals surface area contributed by atoms with Crippen molar-refractivity contribution >= 4 is 5.97 Å². The number of nitrogens with zero attached hydrogens (tertiary/aromatic N) is 1. The largest absolute Gasteiger partial charge is 0.478 e. The van der Waals surface area contributed by atoms with Crippen molar-refractivity contribution in [1.82, 2.24) is 4.90 Å². The number of carbonyl (C=O) groups is 1.